The molecule has 2 aromatic rings. The first kappa shape index (κ1) is 19.4. The highest BCUT2D eigenvalue weighted by molar-refractivity contribution is 5.94. The van der Waals surface area contributed by atoms with Crippen LogP contribution in [0.5, 0.6) is 5.75 Å². The molecule has 0 radical (unpaired) electrons. The van der Waals surface area contributed by atoms with Crippen LogP contribution in [0.4, 0.5) is 0 Å². The van der Waals surface area contributed by atoms with Crippen molar-refractivity contribution in [1.29, 1.82) is 0 Å². The largest absolute Gasteiger partial charge is 0.491 e. The summed E-state index contributed by atoms with van der Waals surface area (Å²) in [7, 11) is 0. The van der Waals surface area contributed by atoms with E-state index in [1.54, 1.807) is 23.0 Å². The Morgan fingerprint density at radius 3 is 2.72 bits per heavy atom. The van der Waals surface area contributed by atoms with Crippen LogP contribution in [0.25, 0.3) is 0 Å². The number of nitrogens with zero attached hydrogens (tertiary/aromatic N) is 3. The highest BCUT2D eigenvalue weighted by Crippen LogP contribution is 2.24. The number of aromatic carboxylic acids is 1. The van der Waals surface area contributed by atoms with Crippen LogP contribution in [0.3, 0.4) is 0 Å². The summed E-state index contributed by atoms with van der Waals surface area (Å²) in [6, 6.07) is 7.39. The van der Waals surface area contributed by atoms with Crippen molar-refractivity contribution in [2.75, 3.05) is 26.3 Å². The number of carbonyl (C=O) groups is 2. The van der Waals surface area contributed by atoms with Crippen molar-refractivity contribution in [3.63, 3.8) is 0 Å². The minimum atomic E-state index is -0.981. The number of carboxylic acids is 1. The molecule has 2 aliphatic heterocycles. The maximum absolute atomic E-state index is 12.9. The van der Waals surface area contributed by atoms with Gasteiger partial charge in [0, 0.05) is 31.5 Å². The van der Waals surface area contributed by atoms with Crippen LogP contribution in [0.1, 0.15) is 52.4 Å². The summed E-state index contributed by atoms with van der Waals surface area (Å²) in [4.78, 5) is 25.7. The summed E-state index contributed by atoms with van der Waals surface area (Å²) >= 11 is 0. The van der Waals surface area contributed by atoms with Crippen molar-refractivity contribution < 1.29 is 24.2 Å². The number of hydrogen-bond donors (Lipinski definition) is 1. The molecule has 0 bridgehead atoms. The van der Waals surface area contributed by atoms with Gasteiger partial charge < -0.3 is 19.5 Å². The number of carbonyl (C=O) groups excluding carboxylic acids is 1. The molecule has 1 amide bonds. The molecule has 4 rings (SSSR count). The second kappa shape index (κ2) is 8.65. The number of aromatic nitrogens is 2. The molecule has 2 fully saturated rings. The van der Waals surface area contributed by atoms with Gasteiger partial charge in [-0.2, -0.15) is 5.10 Å². The van der Waals surface area contributed by atoms with Crippen molar-refractivity contribution >= 4 is 11.9 Å². The van der Waals surface area contributed by atoms with Gasteiger partial charge >= 0.3 is 5.97 Å². The third-order valence-corrected chi connectivity index (χ3v) is 5.52. The third kappa shape index (κ3) is 4.59. The zero-order valence-electron chi connectivity index (χ0n) is 16.2. The predicted octanol–water partition coefficient (Wildman–Crippen LogP) is 2.62. The predicted molar refractivity (Wildman–Crippen MR) is 104 cm³/mol. The fraction of sp³-hybridized carbons (Fsp3) is 0.476. The molecule has 29 heavy (non-hydrogen) atoms. The van der Waals surface area contributed by atoms with E-state index >= 15 is 0 Å². The molecule has 2 aliphatic rings. The maximum atomic E-state index is 12.9. The highest BCUT2D eigenvalue weighted by atomic mass is 16.5. The van der Waals surface area contributed by atoms with Gasteiger partial charge in [0.25, 0.3) is 5.91 Å². The Balaban J connectivity index is 1.33. The summed E-state index contributed by atoms with van der Waals surface area (Å²) in [6.07, 6.45) is 6.61. The van der Waals surface area contributed by atoms with Crippen LogP contribution in [0, 0.1) is 0 Å². The van der Waals surface area contributed by atoms with Crippen molar-refractivity contribution in [2.45, 2.75) is 37.8 Å². The molecule has 8 nitrogen and oxygen atoms in total. The summed E-state index contributed by atoms with van der Waals surface area (Å²) in [5, 5.41) is 13.2. The van der Waals surface area contributed by atoms with Crippen LogP contribution >= 0.6 is 0 Å². The first-order chi connectivity index (χ1) is 14.1. The Morgan fingerprint density at radius 2 is 2.03 bits per heavy atom. The number of likely N-dealkylation sites (tertiary alicyclic amines) is 1. The molecule has 8 heteroatoms. The number of ether oxygens (including phenoxy) is 2. The number of piperidine rings is 1. The first-order valence-electron chi connectivity index (χ1n) is 10.0. The van der Waals surface area contributed by atoms with Gasteiger partial charge in [-0.1, -0.05) is 6.07 Å². The van der Waals surface area contributed by atoms with E-state index in [2.05, 4.69) is 5.10 Å². The molecule has 1 unspecified atom stereocenters. The molecule has 1 aromatic carbocycles. The summed E-state index contributed by atoms with van der Waals surface area (Å²) in [5.41, 5.74) is 0.795. The van der Waals surface area contributed by atoms with E-state index in [1.165, 1.54) is 6.20 Å². The lowest BCUT2D eigenvalue weighted by molar-refractivity contribution is 0.0669. The number of rotatable bonds is 6. The van der Waals surface area contributed by atoms with E-state index in [1.807, 2.05) is 17.0 Å². The zero-order valence-corrected chi connectivity index (χ0v) is 16.2. The average molecular weight is 399 g/mol. The monoisotopic (exact) mass is 399 g/mol. The van der Waals surface area contributed by atoms with Crippen LogP contribution in [0.2, 0.25) is 0 Å². The van der Waals surface area contributed by atoms with Gasteiger partial charge in [0.05, 0.1) is 23.9 Å². The fourth-order valence-corrected chi connectivity index (χ4v) is 3.85. The van der Waals surface area contributed by atoms with E-state index in [4.69, 9.17) is 14.6 Å². The summed E-state index contributed by atoms with van der Waals surface area (Å²) in [6.45, 7) is 2.50. The Labute approximate surface area is 169 Å². The van der Waals surface area contributed by atoms with Gasteiger partial charge in [0.2, 0.25) is 0 Å². The lowest BCUT2D eigenvalue weighted by atomic mass is 10.0. The quantitative estimate of drug-likeness (QED) is 0.803. The van der Waals surface area contributed by atoms with Gasteiger partial charge in [-0.15, -0.1) is 0 Å². The van der Waals surface area contributed by atoms with Crippen molar-refractivity contribution in [1.82, 2.24) is 14.7 Å². The zero-order chi connectivity index (χ0) is 20.2. The lowest BCUT2D eigenvalue weighted by Gasteiger charge is -2.32. The van der Waals surface area contributed by atoms with Crippen LogP contribution in [0.15, 0.2) is 36.7 Å². The lowest BCUT2D eigenvalue weighted by Crippen LogP contribution is -2.39. The van der Waals surface area contributed by atoms with Gasteiger partial charge in [-0.05, 0) is 43.9 Å². The van der Waals surface area contributed by atoms with Gasteiger partial charge in [0.15, 0.2) is 0 Å². The van der Waals surface area contributed by atoms with Crippen molar-refractivity contribution in [3.05, 3.63) is 47.8 Å². The molecule has 0 aliphatic carbocycles. The number of benzene rings is 1. The number of carboxylic acid groups (broad SMARTS) is 1. The Hall–Kier alpha value is -2.87. The normalized spacial score (nSPS) is 20.0. The molecular formula is C21H25N3O5. The smallest absolute Gasteiger partial charge is 0.338 e. The topological polar surface area (TPSA) is 93.9 Å². The minimum Gasteiger partial charge on any atom is -0.491 e. The highest BCUT2D eigenvalue weighted by Gasteiger charge is 2.26. The van der Waals surface area contributed by atoms with E-state index in [0.717, 1.165) is 32.3 Å². The average Bonchev–Trinajstić information content (AvgIpc) is 3.44. The second-order valence-corrected chi connectivity index (χ2v) is 7.51. The van der Waals surface area contributed by atoms with E-state index in [9.17, 15) is 9.59 Å². The molecule has 3 heterocycles. The third-order valence-electron chi connectivity index (χ3n) is 5.52. The molecule has 1 aromatic heterocycles. The molecule has 1 atom stereocenters. The summed E-state index contributed by atoms with van der Waals surface area (Å²) < 4.78 is 13.1. The molecule has 0 spiro atoms. The SMILES string of the molecule is O=C(O)c1cnn(C2CCN(C(=O)c3cccc(OCC4CCCO4)c3)CC2)c1. The molecular weight excluding hydrogens is 374 g/mol. The minimum absolute atomic E-state index is 0.0160. The van der Waals surface area contributed by atoms with Crippen LogP contribution in [-0.2, 0) is 4.74 Å². The van der Waals surface area contributed by atoms with Crippen molar-refractivity contribution in [3.8, 4) is 5.75 Å². The molecule has 2 saturated heterocycles. The fourth-order valence-electron chi connectivity index (χ4n) is 3.85. The van der Waals surface area contributed by atoms with Crippen molar-refractivity contribution in [2.24, 2.45) is 0 Å². The maximum Gasteiger partial charge on any atom is 0.338 e. The van der Waals surface area contributed by atoms with Crippen LogP contribution in [-0.4, -0.2) is 64.1 Å². The van der Waals surface area contributed by atoms with Crippen LogP contribution < -0.4 is 4.74 Å². The van der Waals surface area contributed by atoms with E-state index < -0.39 is 5.97 Å². The molecule has 0 saturated carbocycles. The second-order valence-electron chi connectivity index (χ2n) is 7.51. The number of amides is 1. The van der Waals surface area contributed by atoms with Gasteiger partial charge in [-0.25, -0.2) is 4.79 Å². The summed E-state index contributed by atoms with van der Waals surface area (Å²) in [5.74, 6) is -0.317. The number of hydrogen-bond acceptors (Lipinski definition) is 5. The Bertz CT molecular complexity index is 867. The Morgan fingerprint density at radius 1 is 1.21 bits per heavy atom. The first-order valence-corrected chi connectivity index (χ1v) is 10.0. The molecule has 154 valence electrons. The van der Waals surface area contributed by atoms with Gasteiger partial charge in [0.1, 0.15) is 12.4 Å². The Kier molecular flexibility index (Phi) is 5.80. The molecule has 1 N–H and O–H groups in total. The van der Waals surface area contributed by atoms with E-state index in [0.29, 0.717) is 31.0 Å². The van der Waals surface area contributed by atoms with E-state index in [-0.39, 0.29) is 23.6 Å². The standard InChI is InChI=1S/C21H25N3O5/c25-20(15-3-1-4-18(11-15)29-14-19-5-2-10-28-19)23-8-6-17(7-9-23)24-13-16(12-22-24)21(26)27/h1,3-4,11-13,17,19H,2,5-10,14H2,(H,26,27). The van der Waals surface area contributed by atoms with Gasteiger partial charge in [-0.3, -0.25) is 9.48 Å².